The summed E-state index contributed by atoms with van der Waals surface area (Å²) in [6.07, 6.45) is 0.631. The molecule has 0 saturated carbocycles. The number of sulfone groups is 1. The van der Waals surface area contributed by atoms with Crippen LogP contribution in [0.4, 0.5) is 10.5 Å². The molecule has 1 aliphatic heterocycles. The number of rotatable bonds is 3. The zero-order valence-corrected chi connectivity index (χ0v) is 12.6. The van der Waals surface area contributed by atoms with Crippen LogP contribution < -0.4 is 10.6 Å². The van der Waals surface area contributed by atoms with E-state index in [1.165, 1.54) is 0 Å². The number of carbonyl (C=O) groups excluding carboxylic acids is 1. The normalized spacial score (nSPS) is 20.6. The van der Waals surface area contributed by atoms with Crippen molar-refractivity contribution in [3.63, 3.8) is 0 Å². The van der Waals surface area contributed by atoms with E-state index in [9.17, 15) is 13.2 Å². The van der Waals surface area contributed by atoms with Gasteiger partial charge in [0.15, 0.2) is 9.84 Å². The van der Waals surface area contributed by atoms with Crippen molar-refractivity contribution in [1.29, 1.82) is 0 Å². The number of benzene rings is 1. The van der Waals surface area contributed by atoms with E-state index in [-0.39, 0.29) is 23.5 Å². The molecule has 5 nitrogen and oxygen atoms in total. The van der Waals surface area contributed by atoms with Gasteiger partial charge in [-0.05, 0) is 37.3 Å². The predicted molar refractivity (Wildman–Crippen MR) is 79.7 cm³/mol. The summed E-state index contributed by atoms with van der Waals surface area (Å²) < 4.78 is 22.7. The van der Waals surface area contributed by atoms with Gasteiger partial charge in [0.25, 0.3) is 0 Å². The van der Waals surface area contributed by atoms with Crippen LogP contribution >= 0.6 is 0 Å². The molecule has 1 saturated heterocycles. The van der Waals surface area contributed by atoms with Crippen LogP contribution in [-0.4, -0.2) is 32.5 Å². The summed E-state index contributed by atoms with van der Waals surface area (Å²) in [7, 11) is -2.89. The maximum Gasteiger partial charge on any atom is 0.319 e. The Balaban J connectivity index is 1.87. The Labute approximate surface area is 119 Å². The van der Waals surface area contributed by atoms with Crippen LogP contribution in [-0.2, 0) is 9.84 Å². The van der Waals surface area contributed by atoms with E-state index in [0.717, 1.165) is 16.8 Å². The zero-order chi connectivity index (χ0) is 14.8. The third kappa shape index (κ3) is 3.72. The van der Waals surface area contributed by atoms with Crippen LogP contribution in [0.25, 0.3) is 0 Å². The second-order valence-electron chi connectivity index (χ2n) is 5.37. The highest BCUT2D eigenvalue weighted by Crippen LogP contribution is 2.20. The molecule has 20 heavy (non-hydrogen) atoms. The average molecular weight is 296 g/mol. The number of amides is 2. The Hall–Kier alpha value is -1.56. The second kappa shape index (κ2) is 5.83. The maximum atomic E-state index is 11.9. The quantitative estimate of drug-likeness (QED) is 0.894. The molecule has 1 fully saturated rings. The SMILES string of the molecule is Cc1cccc(C)c1NC(=O)NC[C@H]1CCS(=O)(=O)C1. The minimum atomic E-state index is -2.89. The molecule has 0 unspecified atom stereocenters. The highest BCUT2D eigenvalue weighted by Gasteiger charge is 2.27. The van der Waals surface area contributed by atoms with Gasteiger partial charge in [-0.1, -0.05) is 18.2 Å². The van der Waals surface area contributed by atoms with E-state index in [1.54, 1.807) is 0 Å². The highest BCUT2D eigenvalue weighted by atomic mass is 32.2. The Morgan fingerprint density at radius 3 is 2.50 bits per heavy atom. The van der Waals surface area contributed by atoms with Crippen molar-refractivity contribution in [2.45, 2.75) is 20.3 Å². The maximum absolute atomic E-state index is 11.9. The fourth-order valence-corrected chi connectivity index (χ4v) is 4.30. The van der Waals surface area contributed by atoms with Crippen molar-refractivity contribution in [3.05, 3.63) is 29.3 Å². The molecule has 1 aromatic carbocycles. The molecule has 1 atom stereocenters. The van der Waals surface area contributed by atoms with Crippen LogP contribution in [0.1, 0.15) is 17.5 Å². The monoisotopic (exact) mass is 296 g/mol. The van der Waals surface area contributed by atoms with Crippen molar-refractivity contribution in [2.75, 3.05) is 23.4 Å². The summed E-state index contributed by atoms with van der Waals surface area (Å²) in [5.74, 6) is 0.442. The summed E-state index contributed by atoms with van der Waals surface area (Å²) in [4.78, 5) is 11.9. The lowest BCUT2D eigenvalue weighted by Gasteiger charge is -2.14. The van der Waals surface area contributed by atoms with E-state index < -0.39 is 9.84 Å². The lowest BCUT2D eigenvalue weighted by molar-refractivity contribution is 0.250. The largest absolute Gasteiger partial charge is 0.338 e. The van der Waals surface area contributed by atoms with Gasteiger partial charge in [-0.3, -0.25) is 0 Å². The molecule has 2 N–H and O–H groups in total. The van der Waals surface area contributed by atoms with Crippen molar-refractivity contribution in [2.24, 2.45) is 5.92 Å². The molecule has 0 radical (unpaired) electrons. The number of hydrogen-bond acceptors (Lipinski definition) is 3. The van der Waals surface area contributed by atoms with Gasteiger partial charge in [0.05, 0.1) is 11.5 Å². The molecular weight excluding hydrogens is 276 g/mol. The van der Waals surface area contributed by atoms with Gasteiger partial charge >= 0.3 is 6.03 Å². The van der Waals surface area contributed by atoms with Crippen LogP contribution in [0.2, 0.25) is 0 Å². The predicted octanol–water partition coefficient (Wildman–Crippen LogP) is 1.86. The van der Waals surface area contributed by atoms with Crippen molar-refractivity contribution in [1.82, 2.24) is 5.32 Å². The minimum absolute atomic E-state index is 0.0312. The smallest absolute Gasteiger partial charge is 0.319 e. The second-order valence-corrected chi connectivity index (χ2v) is 7.60. The molecule has 1 heterocycles. The molecule has 0 bridgehead atoms. The Kier molecular flexibility index (Phi) is 4.32. The molecule has 2 rings (SSSR count). The van der Waals surface area contributed by atoms with Crippen LogP contribution in [0.3, 0.4) is 0 Å². The van der Waals surface area contributed by atoms with Crippen LogP contribution in [0.15, 0.2) is 18.2 Å². The summed E-state index contributed by atoms with van der Waals surface area (Å²) in [6, 6.07) is 5.53. The van der Waals surface area contributed by atoms with Crippen molar-refractivity contribution in [3.8, 4) is 0 Å². The van der Waals surface area contributed by atoms with Crippen molar-refractivity contribution >= 4 is 21.6 Å². The molecule has 0 spiro atoms. The highest BCUT2D eigenvalue weighted by molar-refractivity contribution is 7.91. The lowest BCUT2D eigenvalue weighted by Crippen LogP contribution is -2.33. The molecule has 1 aliphatic rings. The number of nitrogens with one attached hydrogen (secondary N) is 2. The first-order chi connectivity index (χ1) is 9.37. The van der Waals surface area contributed by atoms with Gasteiger partial charge in [0.1, 0.15) is 0 Å². The third-order valence-corrected chi connectivity index (χ3v) is 5.43. The first-order valence-corrected chi connectivity index (χ1v) is 8.51. The van der Waals surface area contributed by atoms with E-state index >= 15 is 0 Å². The van der Waals surface area contributed by atoms with E-state index in [1.807, 2.05) is 32.0 Å². The Bertz CT molecular complexity index is 591. The third-order valence-electron chi connectivity index (χ3n) is 3.60. The average Bonchev–Trinajstić information content (AvgIpc) is 2.71. The van der Waals surface area contributed by atoms with Gasteiger partial charge in [-0.15, -0.1) is 0 Å². The summed E-state index contributed by atoms with van der Waals surface area (Å²) in [6.45, 7) is 4.27. The number of hydrogen-bond donors (Lipinski definition) is 2. The molecular formula is C14H20N2O3S. The summed E-state index contributed by atoms with van der Waals surface area (Å²) >= 11 is 0. The molecule has 6 heteroatoms. The molecule has 0 aromatic heterocycles. The molecule has 2 amide bonds. The Morgan fingerprint density at radius 1 is 1.30 bits per heavy atom. The Morgan fingerprint density at radius 2 is 1.95 bits per heavy atom. The van der Waals surface area contributed by atoms with Gasteiger partial charge in [0, 0.05) is 12.2 Å². The number of carbonyl (C=O) groups is 1. The van der Waals surface area contributed by atoms with Gasteiger partial charge in [-0.25, -0.2) is 13.2 Å². The van der Waals surface area contributed by atoms with Crippen LogP contribution in [0, 0.1) is 19.8 Å². The molecule has 110 valence electrons. The molecule has 0 aliphatic carbocycles. The fraction of sp³-hybridized carbons (Fsp3) is 0.500. The first-order valence-electron chi connectivity index (χ1n) is 6.69. The first kappa shape index (κ1) is 14.8. The molecule has 1 aromatic rings. The number of aryl methyl sites for hydroxylation is 2. The standard InChI is InChI=1S/C14H20N2O3S/c1-10-4-3-5-11(2)13(10)16-14(17)15-8-12-6-7-20(18,19)9-12/h3-5,12H,6-9H2,1-2H3,(H2,15,16,17)/t12-/m1/s1. The van der Waals surface area contributed by atoms with E-state index in [2.05, 4.69) is 10.6 Å². The summed E-state index contributed by atoms with van der Waals surface area (Å²) in [5.41, 5.74) is 2.82. The van der Waals surface area contributed by atoms with E-state index in [0.29, 0.717) is 13.0 Å². The van der Waals surface area contributed by atoms with E-state index in [4.69, 9.17) is 0 Å². The van der Waals surface area contributed by atoms with Gasteiger partial charge in [0.2, 0.25) is 0 Å². The minimum Gasteiger partial charge on any atom is -0.338 e. The lowest BCUT2D eigenvalue weighted by atomic mass is 10.1. The number of anilines is 1. The zero-order valence-electron chi connectivity index (χ0n) is 11.8. The fourth-order valence-electron chi connectivity index (χ4n) is 2.44. The van der Waals surface area contributed by atoms with Gasteiger partial charge < -0.3 is 10.6 Å². The summed E-state index contributed by atoms with van der Waals surface area (Å²) in [5, 5.41) is 5.57. The van der Waals surface area contributed by atoms with Crippen LogP contribution in [0.5, 0.6) is 0 Å². The van der Waals surface area contributed by atoms with Gasteiger partial charge in [-0.2, -0.15) is 0 Å². The number of urea groups is 1. The van der Waals surface area contributed by atoms with Crippen molar-refractivity contribution < 1.29 is 13.2 Å². The topological polar surface area (TPSA) is 75.3 Å². The number of para-hydroxylation sites is 1.